The second-order valence-electron chi connectivity index (χ2n) is 4.73. The van der Waals surface area contributed by atoms with Crippen LogP contribution in [-0.2, 0) is 17.4 Å². The van der Waals surface area contributed by atoms with E-state index in [2.05, 4.69) is 0 Å². The molecule has 0 saturated carbocycles. The summed E-state index contributed by atoms with van der Waals surface area (Å²) in [6, 6.07) is 2.29. The molecule has 7 heteroatoms. The number of aryl methyl sites for hydroxylation is 1. The van der Waals surface area contributed by atoms with Crippen molar-refractivity contribution in [3.8, 4) is 11.5 Å². The summed E-state index contributed by atoms with van der Waals surface area (Å²) in [5.41, 5.74) is -0.317. The van der Waals surface area contributed by atoms with Crippen LogP contribution in [0.3, 0.4) is 0 Å². The van der Waals surface area contributed by atoms with Gasteiger partial charge in [0.25, 0.3) is 0 Å². The van der Waals surface area contributed by atoms with E-state index in [1.165, 1.54) is 6.07 Å². The lowest BCUT2D eigenvalue weighted by atomic mass is 10.0. The second-order valence-corrected chi connectivity index (χ2v) is 4.73. The molecule has 1 aromatic carbocycles. The Morgan fingerprint density at radius 2 is 1.86 bits per heavy atom. The number of alkyl halides is 3. The van der Waals surface area contributed by atoms with Crippen molar-refractivity contribution in [2.45, 2.75) is 31.9 Å². The van der Waals surface area contributed by atoms with E-state index in [1.807, 2.05) is 0 Å². The van der Waals surface area contributed by atoms with Gasteiger partial charge in [0.05, 0.1) is 13.2 Å². The molecular weight excluding hydrogens is 289 g/mol. The van der Waals surface area contributed by atoms with Gasteiger partial charge in [-0.25, -0.2) is 0 Å². The van der Waals surface area contributed by atoms with Crippen molar-refractivity contribution in [1.29, 1.82) is 0 Å². The third-order valence-corrected chi connectivity index (χ3v) is 3.12. The largest absolute Gasteiger partial charge is 0.489 e. The SMILES string of the molecule is O=C(O)CCCc1ccc(C(F)(F)F)c2c1OCCCO2. The highest BCUT2D eigenvalue weighted by molar-refractivity contribution is 5.66. The molecule has 21 heavy (non-hydrogen) atoms. The third kappa shape index (κ3) is 3.80. The number of aliphatic carboxylic acids is 1. The zero-order valence-electron chi connectivity index (χ0n) is 11.2. The van der Waals surface area contributed by atoms with Gasteiger partial charge in [0, 0.05) is 12.8 Å². The van der Waals surface area contributed by atoms with E-state index in [0.717, 1.165) is 6.07 Å². The molecule has 0 saturated heterocycles. The number of fused-ring (bicyclic) bond motifs is 1. The summed E-state index contributed by atoms with van der Waals surface area (Å²) in [6.45, 7) is 0.439. The van der Waals surface area contributed by atoms with Crippen LogP contribution in [-0.4, -0.2) is 24.3 Å². The van der Waals surface area contributed by atoms with Crippen LogP contribution in [0.5, 0.6) is 11.5 Å². The van der Waals surface area contributed by atoms with E-state index in [1.54, 1.807) is 0 Å². The minimum absolute atomic E-state index is 0.0450. The van der Waals surface area contributed by atoms with Crippen LogP contribution in [0, 0.1) is 0 Å². The molecule has 0 fully saturated rings. The monoisotopic (exact) mass is 304 g/mol. The number of hydrogen-bond donors (Lipinski definition) is 1. The maximum absolute atomic E-state index is 13.0. The fourth-order valence-electron chi connectivity index (χ4n) is 2.16. The Labute approximate surface area is 119 Å². The average molecular weight is 304 g/mol. The smallest absolute Gasteiger partial charge is 0.420 e. The quantitative estimate of drug-likeness (QED) is 0.927. The summed E-state index contributed by atoms with van der Waals surface area (Å²) in [4.78, 5) is 10.5. The summed E-state index contributed by atoms with van der Waals surface area (Å²) in [6.07, 6.45) is -3.40. The first-order valence-electron chi connectivity index (χ1n) is 6.60. The van der Waals surface area contributed by atoms with Gasteiger partial charge in [-0.2, -0.15) is 13.2 Å². The zero-order valence-corrected chi connectivity index (χ0v) is 11.2. The maximum atomic E-state index is 13.0. The molecule has 2 rings (SSSR count). The van der Waals surface area contributed by atoms with Gasteiger partial charge in [-0.15, -0.1) is 0 Å². The average Bonchev–Trinajstić information content (AvgIpc) is 2.62. The molecular formula is C14H15F3O4. The highest BCUT2D eigenvalue weighted by Crippen LogP contribution is 2.44. The lowest BCUT2D eigenvalue weighted by Gasteiger charge is -2.17. The molecule has 0 aromatic heterocycles. The van der Waals surface area contributed by atoms with Crippen LogP contribution < -0.4 is 9.47 Å². The first kappa shape index (κ1) is 15.5. The fraction of sp³-hybridized carbons (Fsp3) is 0.500. The normalized spacial score (nSPS) is 14.6. The number of carboxylic acid groups (broad SMARTS) is 1. The molecule has 1 heterocycles. The predicted octanol–water partition coefficient (Wildman–Crippen LogP) is 3.27. The minimum Gasteiger partial charge on any atom is -0.489 e. The second kappa shape index (κ2) is 6.24. The van der Waals surface area contributed by atoms with Gasteiger partial charge in [-0.1, -0.05) is 6.07 Å². The molecule has 4 nitrogen and oxygen atoms in total. The van der Waals surface area contributed by atoms with Gasteiger partial charge in [-0.05, 0) is 24.5 Å². The van der Waals surface area contributed by atoms with Gasteiger partial charge in [0.15, 0.2) is 11.5 Å². The maximum Gasteiger partial charge on any atom is 0.420 e. The van der Waals surface area contributed by atoms with Gasteiger partial charge in [0.1, 0.15) is 5.56 Å². The van der Waals surface area contributed by atoms with Crippen molar-refractivity contribution >= 4 is 5.97 Å². The number of carboxylic acids is 1. The molecule has 0 radical (unpaired) electrons. The Morgan fingerprint density at radius 1 is 1.19 bits per heavy atom. The van der Waals surface area contributed by atoms with Crippen LogP contribution in [0.4, 0.5) is 13.2 Å². The number of rotatable bonds is 4. The van der Waals surface area contributed by atoms with Gasteiger partial charge in [0.2, 0.25) is 0 Å². The molecule has 0 bridgehead atoms. The summed E-state index contributed by atoms with van der Waals surface area (Å²) >= 11 is 0. The van der Waals surface area contributed by atoms with Gasteiger partial charge < -0.3 is 14.6 Å². The third-order valence-electron chi connectivity index (χ3n) is 3.12. The molecule has 0 spiro atoms. The van der Waals surface area contributed by atoms with Crippen LogP contribution in [0.25, 0.3) is 0 Å². The summed E-state index contributed by atoms with van der Waals surface area (Å²) in [7, 11) is 0. The van der Waals surface area contributed by atoms with E-state index in [0.29, 0.717) is 24.8 Å². The lowest BCUT2D eigenvalue weighted by molar-refractivity contribution is -0.139. The fourth-order valence-corrected chi connectivity index (χ4v) is 2.16. The van der Waals surface area contributed by atoms with E-state index < -0.39 is 17.7 Å². The molecule has 1 N–H and O–H groups in total. The summed E-state index contributed by atoms with van der Waals surface area (Å²) < 4.78 is 49.6. The van der Waals surface area contributed by atoms with Crippen LogP contribution >= 0.6 is 0 Å². The van der Waals surface area contributed by atoms with E-state index in [-0.39, 0.29) is 31.1 Å². The first-order valence-corrected chi connectivity index (χ1v) is 6.60. The Hall–Kier alpha value is -1.92. The van der Waals surface area contributed by atoms with Crippen LogP contribution in [0.1, 0.15) is 30.4 Å². The molecule has 0 atom stereocenters. The summed E-state index contributed by atoms with van der Waals surface area (Å²) in [5.74, 6) is -1.13. The van der Waals surface area contributed by atoms with E-state index in [4.69, 9.17) is 14.6 Å². The topological polar surface area (TPSA) is 55.8 Å². The van der Waals surface area contributed by atoms with Gasteiger partial charge in [-0.3, -0.25) is 4.79 Å². The number of carbonyl (C=O) groups is 1. The molecule has 1 aliphatic rings. The van der Waals surface area contributed by atoms with E-state index in [9.17, 15) is 18.0 Å². The molecule has 0 amide bonds. The minimum atomic E-state index is -4.52. The Bertz CT molecular complexity index is 526. The number of benzene rings is 1. The Morgan fingerprint density at radius 3 is 2.48 bits per heavy atom. The Kier molecular flexibility index (Phi) is 4.59. The van der Waals surface area contributed by atoms with E-state index >= 15 is 0 Å². The molecule has 1 aromatic rings. The molecule has 116 valence electrons. The Balaban J connectivity index is 2.32. The predicted molar refractivity (Wildman–Crippen MR) is 67.6 cm³/mol. The summed E-state index contributed by atoms with van der Waals surface area (Å²) in [5, 5.41) is 8.62. The number of hydrogen-bond acceptors (Lipinski definition) is 3. The number of halogens is 3. The zero-order chi connectivity index (χ0) is 15.5. The highest BCUT2D eigenvalue weighted by Gasteiger charge is 2.37. The van der Waals surface area contributed by atoms with Gasteiger partial charge >= 0.3 is 12.1 Å². The number of ether oxygens (including phenoxy) is 2. The molecule has 0 unspecified atom stereocenters. The van der Waals surface area contributed by atoms with Crippen molar-refractivity contribution in [3.63, 3.8) is 0 Å². The standard InChI is InChI=1S/C14H15F3O4/c15-14(16,17)10-6-5-9(3-1-4-11(18)19)12-13(10)21-8-2-7-20-12/h5-6H,1-4,7-8H2,(H,18,19). The molecule has 0 aliphatic carbocycles. The lowest BCUT2D eigenvalue weighted by Crippen LogP contribution is -2.10. The van der Waals surface area contributed by atoms with Crippen molar-refractivity contribution in [1.82, 2.24) is 0 Å². The van der Waals surface area contributed by atoms with Crippen molar-refractivity contribution in [2.24, 2.45) is 0 Å². The van der Waals surface area contributed by atoms with Crippen molar-refractivity contribution in [2.75, 3.05) is 13.2 Å². The van der Waals surface area contributed by atoms with Crippen molar-refractivity contribution in [3.05, 3.63) is 23.3 Å². The highest BCUT2D eigenvalue weighted by atomic mass is 19.4. The first-order chi connectivity index (χ1) is 9.89. The van der Waals surface area contributed by atoms with Crippen LogP contribution in [0.15, 0.2) is 12.1 Å². The van der Waals surface area contributed by atoms with Crippen molar-refractivity contribution < 1.29 is 32.5 Å². The van der Waals surface area contributed by atoms with Crippen LogP contribution in [0.2, 0.25) is 0 Å². The molecule has 1 aliphatic heterocycles.